The van der Waals surface area contributed by atoms with Crippen molar-refractivity contribution >= 4 is 16.9 Å². The first-order valence-corrected chi connectivity index (χ1v) is 11.1. The van der Waals surface area contributed by atoms with E-state index in [1.165, 1.54) is 11.6 Å². The Kier molecular flexibility index (Phi) is 5.64. The molecule has 1 aliphatic heterocycles. The van der Waals surface area contributed by atoms with Gasteiger partial charge in [-0.15, -0.1) is 0 Å². The molecule has 5 rings (SSSR count). The van der Waals surface area contributed by atoms with E-state index in [-0.39, 0.29) is 6.10 Å². The number of oxime groups is 1. The van der Waals surface area contributed by atoms with E-state index in [9.17, 15) is 9.59 Å². The van der Waals surface area contributed by atoms with Crippen molar-refractivity contribution in [3.8, 4) is 22.9 Å². The molecule has 0 fully saturated rings. The van der Waals surface area contributed by atoms with Gasteiger partial charge in [-0.3, -0.25) is 13.9 Å². The molecule has 4 aromatic rings. The number of aryl methyl sites for hydroxylation is 1. The fourth-order valence-corrected chi connectivity index (χ4v) is 4.35. The maximum atomic E-state index is 13.2. The van der Waals surface area contributed by atoms with E-state index < -0.39 is 11.2 Å². The lowest BCUT2D eigenvalue weighted by Gasteiger charge is -2.14. The van der Waals surface area contributed by atoms with Crippen LogP contribution in [-0.2, 0) is 25.5 Å². The molecule has 0 N–H and O–H groups in total. The number of hydrogen-bond donors (Lipinski definition) is 0. The Bertz CT molecular complexity index is 1570. The first-order valence-electron chi connectivity index (χ1n) is 11.1. The van der Waals surface area contributed by atoms with Crippen LogP contribution in [0.3, 0.4) is 0 Å². The Labute approximate surface area is 200 Å². The van der Waals surface area contributed by atoms with Gasteiger partial charge in [0, 0.05) is 26.1 Å². The zero-order valence-corrected chi connectivity index (χ0v) is 19.9. The van der Waals surface area contributed by atoms with Gasteiger partial charge in [0.05, 0.1) is 26.5 Å². The van der Waals surface area contributed by atoms with Crippen LogP contribution in [0.15, 0.2) is 63.3 Å². The van der Waals surface area contributed by atoms with E-state index in [2.05, 4.69) is 5.16 Å². The quantitative estimate of drug-likeness (QED) is 0.424. The predicted octanol–water partition coefficient (Wildman–Crippen LogP) is 2.31. The van der Waals surface area contributed by atoms with Crippen LogP contribution in [0.5, 0.6) is 11.5 Å². The summed E-state index contributed by atoms with van der Waals surface area (Å²) in [4.78, 5) is 36.3. The van der Waals surface area contributed by atoms with E-state index in [0.717, 1.165) is 15.8 Å². The Morgan fingerprint density at radius 1 is 0.971 bits per heavy atom. The standard InChI is InChI=1S/C25H25N5O5/c1-28-23-21(24(31)29(2)25(28)32)30(14-17-13-18(27-35-17)15-8-6-5-7-9-15)22(26-23)16-10-11-19(33-3)20(12-16)34-4/h5-12,17H,13-14H2,1-4H3/t17-/m1/s1. The largest absolute Gasteiger partial charge is 0.493 e. The summed E-state index contributed by atoms with van der Waals surface area (Å²) in [7, 11) is 6.18. The maximum absolute atomic E-state index is 13.2. The van der Waals surface area contributed by atoms with E-state index in [4.69, 9.17) is 19.3 Å². The Balaban J connectivity index is 1.63. The van der Waals surface area contributed by atoms with Gasteiger partial charge in [-0.2, -0.15) is 0 Å². The maximum Gasteiger partial charge on any atom is 0.332 e. The lowest BCUT2D eigenvalue weighted by molar-refractivity contribution is 0.0736. The van der Waals surface area contributed by atoms with Crippen LogP contribution in [0, 0.1) is 0 Å². The first-order chi connectivity index (χ1) is 16.9. The predicted molar refractivity (Wildman–Crippen MR) is 131 cm³/mol. The number of imidazole rings is 1. The Morgan fingerprint density at radius 3 is 2.43 bits per heavy atom. The third-order valence-electron chi connectivity index (χ3n) is 6.22. The third kappa shape index (κ3) is 3.76. The highest BCUT2D eigenvalue weighted by Crippen LogP contribution is 2.33. The minimum absolute atomic E-state index is 0.296. The zero-order chi connectivity index (χ0) is 24.7. The van der Waals surface area contributed by atoms with Crippen LogP contribution in [0.1, 0.15) is 12.0 Å². The van der Waals surface area contributed by atoms with Crippen LogP contribution in [-0.4, -0.2) is 44.7 Å². The summed E-state index contributed by atoms with van der Waals surface area (Å²) >= 11 is 0. The van der Waals surface area contributed by atoms with Crippen molar-refractivity contribution < 1.29 is 14.3 Å². The highest BCUT2D eigenvalue weighted by molar-refractivity contribution is 6.01. The van der Waals surface area contributed by atoms with Crippen molar-refractivity contribution in [3.63, 3.8) is 0 Å². The van der Waals surface area contributed by atoms with Crippen molar-refractivity contribution in [2.45, 2.75) is 19.1 Å². The summed E-state index contributed by atoms with van der Waals surface area (Å²) in [6.07, 6.45) is 0.254. The lowest BCUT2D eigenvalue weighted by atomic mass is 10.1. The molecule has 10 nitrogen and oxygen atoms in total. The number of fused-ring (bicyclic) bond motifs is 1. The molecular formula is C25H25N5O5. The molecule has 1 atom stereocenters. The average molecular weight is 476 g/mol. The molecule has 35 heavy (non-hydrogen) atoms. The van der Waals surface area contributed by atoms with Gasteiger partial charge in [-0.05, 0) is 23.8 Å². The first kappa shape index (κ1) is 22.5. The fraction of sp³-hybridized carbons (Fsp3) is 0.280. The number of methoxy groups -OCH3 is 2. The summed E-state index contributed by atoms with van der Waals surface area (Å²) in [5, 5.41) is 4.28. The van der Waals surface area contributed by atoms with Crippen LogP contribution >= 0.6 is 0 Å². The molecule has 10 heteroatoms. The third-order valence-corrected chi connectivity index (χ3v) is 6.22. The van der Waals surface area contributed by atoms with E-state index in [1.807, 2.05) is 36.4 Å². The molecule has 180 valence electrons. The molecule has 0 radical (unpaired) electrons. The highest BCUT2D eigenvalue weighted by atomic mass is 16.6. The summed E-state index contributed by atoms with van der Waals surface area (Å²) in [6, 6.07) is 15.2. The van der Waals surface area contributed by atoms with Crippen molar-refractivity contribution in [2.24, 2.45) is 19.3 Å². The van der Waals surface area contributed by atoms with E-state index >= 15 is 0 Å². The van der Waals surface area contributed by atoms with Gasteiger partial charge in [0.2, 0.25) is 0 Å². The minimum Gasteiger partial charge on any atom is -0.493 e. The monoisotopic (exact) mass is 475 g/mol. The van der Waals surface area contributed by atoms with Crippen LogP contribution in [0.25, 0.3) is 22.6 Å². The molecule has 0 bridgehead atoms. The number of nitrogens with zero attached hydrogens (tertiary/aromatic N) is 5. The summed E-state index contributed by atoms with van der Waals surface area (Å²) < 4.78 is 15.1. The molecule has 1 aliphatic rings. The zero-order valence-electron chi connectivity index (χ0n) is 19.9. The Hall–Kier alpha value is -4.34. The molecule has 0 saturated heterocycles. The fourth-order valence-electron chi connectivity index (χ4n) is 4.35. The van der Waals surface area contributed by atoms with Gasteiger partial charge in [0.15, 0.2) is 28.8 Å². The number of hydrogen-bond acceptors (Lipinski definition) is 7. The number of rotatable bonds is 6. The van der Waals surface area contributed by atoms with Gasteiger partial charge in [0.1, 0.15) is 5.82 Å². The van der Waals surface area contributed by atoms with E-state index in [0.29, 0.717) is 47.0 Å². The minimum atomic E-state index is -0.446. The van der Waals surface area contributed by atoms with Gasteiger partial charge >= 0.3 is 5.69 Å². The SMILES string of the molecule is COc1ccc(-c2nc3c(c(=O)n(C)c(=O)n3C)n2C[C@H]2CC(c3ccccc3)=NO2)cc1OC. The normalized spacial score (nSPS) is 15.2. The van der Waals surface area contributed by atoms with Crippen molar-refractivity contribution in [1.82, 2.24) is 18.7 Å². The molecule has 0 amide bonds. The molecule has 3 heterocycles. The Morgan fingerprint density at radius 2 is 1.71 bits per heavy atom. The molecule has 2 aromatic heterocycles. The molecule has 0 saturated carbocycles. The summed E-state index contributed by atoms with van der Waals surface area (Å²) in [5.74, 6) is 1.61. The van der Waals surface area contributed by atoms with Gasteiger partial charge in [-0.1, -0.05) is 35.5 Å². The molecule has 0 spiro atoms. The van der Waals surface area contributed by atoms with Crippen LogP contribution in [0.4, 0.5) is 0 Å². The summed E-state index contributed by atoms with van der Waals surface area (Å²) in [5.41, 5.74) is 2.27. The second-order valence-electron chi connectivity index (χ2n) is 8.33. The van der Waals surface area contributed by atoms with Crippen LogP contribution < -0.4 is 20.7 Å². The second-order valence-corrected chi connectivity index (χ2v) is 8.33. The number of aromatic nitrogens is 4. The molecule has 0 unspecified atom stereocenters. The van der Waals surface area contributed by atoms with Gasteiger partial charge in [0.25, 0.3) is 5.56 Å². The molecule has 0 aliphatic carbocycles. The van der Waals surface area contributed by atoms with Crippen molar-refractivity contribution in [3.05, 3.63) is 74.9 Å². The second kappa shape index (κ2) is 8.79. The number of ether oxygens (including phenoxy) is 2. The van der Waals surface area contributed by atoms with Crippen molar-refractivity contribution in [2.75, 3.05) is 14.2 Å². The lowest BCUT2D eigenvalue weighted by Crippen LogP contribution is -2.37. The summed E-state index contributed by atoms with van der Waals surface area (Å²) in [6.45, 7) is 0.313. The average Bonchev–Trinajstić information content (AvgIpc) is 3.52. The van der Waals surface area contributed by atoms with E-state index in [1.54, 1.807) is 38.0 Å². The van der Waals surface area contributed by atoms with Gasteiger partial charge < -0.3 is 18.9 Å². The highest BCUT2D eigenvalue weighted by Gasteiger charge is 2.27. The topological polar surface area (TPSA) is 102 Å². The van der Waals surface area contributed by atoms with Crippen molar-refractivity contribution in [1.29, 1.82) is 0 Å². The number of benzene rings is 2. The van der Waals surface area contributed by atoms with Gasteiger partial charge in [-0.25, -0.2) is 9.78 Å². The molecule has 2 aromatic carbocycles. The van der Waals surface area contributed by atoms with Crippen LogP contribution in [0.2, 0.25) is 0 Å². The smallest absolute Gasteiger partial charge is 0.332 e. The molecular weight excluding hydrogens is 450 g/mol.